The van der Waals surface area contributed by atoms with Crippen molar-refractivity contribution in [1.29, 1.82) is 0 Å². The van der Waals surface area contributed by atoms with Crippen LogP contribution in [0.25, 0.3) is 0 Å². The van der Waals surface area contributed by atoms with Crippen molar-refractivity contribution in [1.82, 2.24) is 0 Å². The number of rotatable bonds is 2. The standard InChI is InChI=1S/C13H12N2.ClHO4/c14-13(11-7-3-1-4-8-11)15-12-9-5-2-6-10-12;2-1(3,4)5/h1-10H,(H2,14,15);(H,2,3,4,5). The van der Waals surface area contributed by atoms with Gasteiger partial charge in [-0.15, -0.1) is 0 Å². The quantitative estimate of drug-likeness (QED) is 0.520. The number of aliphatic imine (C=N–C) groups is 1. The molecule has 0 amide bonds. The van der Waals surface area contributed by atoms with Gasteiger partial charge in [0.1, 0.15) is 5.84 Å². The minimum absolute atomic E-state index is 0.543. The van der Waals surface area contributed by atoms with E-state index >= 15 is 0 Å². The van der Waals surface area contributed by atoms with Crippen molar-refractivity contribution < 1.29 is 28.9 Å². The zero-order valence-corrected chi connectivity index (χ0v) is 11.1. The molecule has 20 heavy (non-hydrogen) atoms. The summed E-state index contributed by atoms with van der Waals surface area (Å²) in [7, 11) is -4.69. The van der Waals surface area contributed by atoms with Crippen molar-refractivity contribution in [2.24, 2.45) is 10.7 Å². The van der Waals surface area contributed by atoms with E-state index in [4.69, 9.17) is 24.4 Å². The lowest BCUT2D eigenvalue weighted by Crippen LogP contribution is -2.58. The van der Waals surface area contributed by atoms with Gasteiger partial charge in [0, 0.05) is 5.56 Å². The fraction of sp³-hybridized carbons (Fsp3) is 0. The maximum atomic E-state index is 8.60. The van der Waals surface area contributed by atoms with Crippen molar-refractivity contribution in [3.8, 4) is 0 Å². The molecule has 7 heteroatoms. The van der Waals surface area contributed by atoms with Crippen molar-refractivity contribution >= 4 is 11.5 Å². The zero-order chi connectivity index (χ0) is 15.0. The first-order valence-electron chi connectivity index (χ1n) is 5.44. The van der Waals surface area contributed by atoms with Gasteiger partial charge in [-0.3, -0.25) is 0 Å². The molecule has 0 bridgehead atoms. The molecule has 0 aliphatic carbocycles. The molecule has 0 atom stereocenters. The lowest BCUT2D eigenvalue weighted by molar-refractivity contribution is -1.92. The average molecular weight is 297 g/mol. The van der Waals surface area contributed by atoms with Crippen molar-refractivity contribution in [2.75, 3.05) is 0 Å². The molecule has 0 aliphatic heterocycles. The van der Waals surface area contributed by atoms with Crippen molar-refractivity contribution in [3.05, 3.63) is 66.2 Å². The van der Waals surface area contributed by atoms with Gasteiger partial charge in [0.2, 0.25) is 0 Å². The van der Waals surface area contributed by atoms with Crippen LogP contribution >= 0.6 is 0 Å². The van der Waals surface area contributed by atoms with E-state index in [-0.39, 0.29) is 0 Å². The number of hydrogen-bond donors (Lipinski definition) is 2. The second-order valence-electron chi connectivity index (χ2n) is 3.59. The van der Waals surface area contributed by atoms with E-state index in [1.165, 1.54) is 0 Å². The third-order valence-corrected chi connectivity index (χ3v) is 2.08. The molecule has 6 nitrogen and oxygen atoms in total. The summed E-state index contributed by atoms with van der Waals surface area (Å²) in [5, 5.41) is 0. The van der Waals surface area contributed by atoms with Gasteiger partial charge in [-0.25, -0.2) is 4.99 Å². The smallest absolute Gasteiger partial charge is 0.131 e. The molecule has 0 radical (unpaired) electrons. The number of amidine groups is 1. The van der Waals surface area contributed by atoms with Gasteiger partial charge in [-0.05, 0) is 12.1 Å². The first-order chi connectivity index (χ1) is 9.36. The van der Waals surface area contributed by atoms with Gasteiger partial charge in [0.15, 0.2) is 0 Å². The molecule has 2 aromatic rings. The van der Waals surface area contributed by atoms with Crippen LogP contribution in [0.15, 0.2) is 65.7 Å². The van der Waals surface area contributed by atoms with Crippen LogP contribution in [-0.4, -0.2) is 10.5 Å². The largest absolute Gasteiger partial charge is 0.383 e. The molecule has 0 saturated heterocycles. The molecular weight excluding hydrogens is 284 g/mol. The number of para-hydroxylation sites is 1. The molecular formula is C13H13ClN2O4. The van der Waals surface area contributed by atoms with Crippen LogP contribution in [0.1, 0.15) is 5.56 Å². The third-order valence-electron chi connectivity index (χ3n) is 2.08. The topological polar surface area (TPSA) is 128 Å². The van der Waals surface area contributed by atoms with Gasteiger partial charge >= 0.3 is 0 Å². The molecule has 2 aromatic carbocycles. The fourth-order valence-electron chi connectivity index (χ4n) is 1.32. The van der Waals surface area contributed by atoms with Gasteiger partial charge in [0.05, 0.1) is 20.6 Å². The number of nitrogens with zero attached hydrogens (tertiary/aromatic N) is 1. The molecule has 0 fully saturated rings. The van der Waals surface area contributed by atoms with E-state index in [9.17, 15) is 0 Å². The van der Waals surface area contributed by atoms with Crippen molar-refractivity contribution in [2.45, 2.75) is 0 Å². The SMILES string of the molecule is NC(=Nc1ccccc1)c1ccccc1.[O-][Cl+3]([O-])([O-])O. The Kier molecular flexibility index (Phi) is 6.10. The van der Waals surface area contributed by atoms with Crippen LogP contribution in [0.4, 0.5) is 5.69 Å². The summed E-state index contributed by atoms with van der Waals surface area (Å²) < 4.78 is 32.7. The average Bonchev–Trinajstić information content (AvgIpc) is 2.39. The first kappa shape index (κ1) is 16.1. The van der Waals surface area contributed by atoms with Crippen LogP contribution < -0.4 is 19.7 Å². The van der Waals surface area contributed by atoms with Gasteiger partial charge in [0.25, 0.3) is 0 Å². The highest BCUT2D eigenvalue weighted by molar-refractivity contribution is 5.98. The van der Waals surface area contributed by atoms with Gasteiger partial charge in [-0.1, -0.05) is 48.5 Å². The van der Waals surface area contributed by atoms with Crippen molar-refractivity contribution in [3.63, 3.8) is 0 Å². The Morgan fingerprint density at radius 2 is 1.30 bits per heavy atom. The van der Waals surface area contributed by atoms with Crippen LogP contribution in [0.3, 0.4) is 0 Å². The van der Waals surface area contributed by atoms with Gasteiger partial charge < -0.3 is 5.73 Å². The predicted molar refractivity (Wildman–Crippen MR) is 65.5 cm³/mol. The van der Waals surface area contributed by atoms with E-state index in [0.29, 0.717) is 5.84 Å². The van der Waals surface area contributed by atoms with E-state index in [1.807, 2.05) is 60.7 Å². The summed E-state index contributed by atoms with van der Waals surface area (Å²) in [4.78, 5) is 4.32. The van der Waals surface area contributed by atoms with E-state index in [0.717, 1.165) is 11.3 Å². The fourth-order valence-corrected chi connectivity index (χ4v) is 1.32. The summed E-state index contributed by atoms with van der Waals surface area (Å²) in [5.41, 5.74) is 7.70. The van der Waals surface area contributed by atoms with Crippen LogP contribution in [0.5, 0.6) is 0 Å². The summed E-state index contributed by atoms with van der Waals surface area (Å²) in [6.45, 7) is 0. The maximum Gasteiger partial charge on any atom is 0.131 e. The number of benzene rings is 2. The second-order valence-corrected chi connectivity index (χ2v) is 4.39. The highest BCUT2D eigenvalue weighted by atomic mass is 35.7. The summed E-state index contributed by atoms with van der Waals surface area (Å²) in [5.74, 6) is 0.543. The molecule has 0 saturated carbocycles. The molecule has 2 rings (SSSR count). The first-order valence-corrected chi connectivity index (χ1v) is 6.70. The second kappa shape index (κ2) is 7.59. The minimum Gasteiger partial charge on any atom is -0.383 e. The monoisotopic (exact) mass is 296 g/mol. The number of nitrogens with two attached hydrogens (primary N) is 1. The van der Waals surface area contributed by atoms with E-state index < -0.39 is 10.2 Å². The molecule has 0 unspecified atom stereocenters. The van der Waals surface area contributed by atoms with E-state index in [1.54, 1.807) is 0 Å². The Morgan fingerprint density at radius 1 is 0.900 bits per heavy atom. The molecule has 0 heterocycles. The zero-order valence-electron chi connectivity index (χ0n) is 10.3. The van der Waals surface area contributed by atoms with Gasteiger partial charge in [-0.2, -0.15) is 14.0 Å². The maximum absolute atomic E-state index is 8.60. The number of halogens is 1. The number of hydrogen-bond acceptors (Lipinski definition) is 5. The minimum atomic E-state index is -4.69. The Bertz CT molecular complexity index is 535. The highest BCUT2D eigenvalue weighted by Crippen LogP contribution is 2.11. The van der Waals surface area contributed by atoms with E-state index in [2.05, 4.69) is 4.99 Å². The summed E-state index contributed by atoms with van der Waals surface area (Å²) in [6, 6.07) is 19.4. The normalized spacial score (nSPS) is 11.5. The molecule has 0 aliphatic rings. The summed E-state index contributed by atoms with van der Waals surface area (Å²) in [6.07, 6.45) is 0. The Labute approximate surface area is 118 Å². The third kappa shape index (κ3) is 7.47. The summed E-state index contributed by atoms with van der Waals surface area (Å²) >= 11 is 0. The molecule has 106 valence electrons. The molecule has 0 aromatic heterocycles. The Morgan fingerprint density at radius 3 is 1.75 bits per heavy atom. The lowest BCUT2D eigenvalue weighted by atomic mass is 10.2. The highest BCUT2D eigenvalue weighted by Gasteiger charge is 1.99. The molecule has 0 spiro atoms. The Balaban J connectivity index is 0.000000347. The predicted octanol–water partition coefficient (Wildman–Crippen LogP) is -1.40. The van der Waals surface area contributed by atoms with Crippen LogP contribution in [0.2, 0.25) is 0 Å². The van der Waals surface area contributed by atoms with Crippen LogP contribution in [0, 0.1) is 10.2 Å². The van der Waals surface area contributed by atoms with Crippen LogP contribution in [-0.2, 0) is 0 Å². The Hall–Kier alpha value is -1.96. The molecule has 3 N–H and O–H groups in total. The lowest BCUT2D eigenvalue weighted by Gasteiger charge is -2.03.